The van der Waals surface area contributed by atoms with Gasteiger partial charge in [0.15, 0.2) is 5.75 Å². The topological polar surface area (TPSA) is 43.4 Å². The minimum Gasteiger partial charge on any atom is -0.491 e. The van der Waals surface area contributed by atoms with Crippen LogP contribution in [0.3, 0.4) is 0 Å². The Kier molecular flexibility index (Phi) is 4.15. The lowest BCUT2D eigenvalue weighted by molar-refractivity contribution is 0.369. The van der Waals surface area contributed by atoms with Crippen LogP contribution in [0.1, 0.15) is 5.56 Å². The van der Waals surface area contributed by atoms with E-state index in [1.807, 2.05) is 43.4 Å². The highest BCUT2D eigenvalue weighted by Crippen LogP contribution is 2.28. The fraction of sp³-hybridized carbons (Fsp3) is 0.214. The van der Waals surface area contributed by atoms with Crippen molar-refractivity contribution in [2.24, 2.45) is 0 Å². The minimum absolute atomic E-state index is 0.473. The van der Waals surface area contributed by atoms with Crippen molar-refractivity contribution < 1.29 is 9.47 Å². The zero-order chi connectivity index (χ0) is 12.8. The number of hydrogen-bond donors (Lipinski definition) is 1. The van der Waals surface area contributed by atoms with Gasteiger partial charge in [-0.15, -0.1) is 0 Å². The lowest BCUT2D eigenvalue weighted by Gasteiger charge is -2.09. The standard InChI is InChI=1S/C14H16N2O2/c1-15-10-11-5-7-12(8-6-11)18-14-13(17-2)4-3-9-16-14/h3-9,15H,10H2,1-2H3. The normalized spacial score (nSPS) is 10.1. The van der Waals surface area contributed by atoms with E-state index in [-0.39, 0.29) is 0 Å². The van der Waals surface area contributed by atoms with E-state index in [1.165, 1.54) is 5.56 Å². The van der Waals surface area contributed by atoms with Crippen LogP contribution in [0.15, 0.2) is 42.6 Å². The molecule has 0 amide bonds. The SMILES string of the molecule is CNCc1ccc(Oc2ncccc2OC)cc1. The van der Waals surface area contributed by atoms with Crippen molar-refractivity contribution in [1.29, 1.82) is 0 Å². The summed E-state index contributed by atoms with van der Waals surface area (Å²) in [6.07, 6.45) is 1.67. The number of ether oxygens (including phenoxy) is 2. The predicted molar refractivity (Wildman–Crippen MR) is 70.1 cm³/mol. The summed E-state index contributed by atoms with van der Waals surface area (Å²) < 4.78 is 10.9. The molecule has 0 spiro atoms. The molecular formula is C14H16N2O2. The van der Waals surface area contributed by atoms with E-state index < -0.39 is 0 Å². The van der Waals surface area contributed by atoms with Crippen molar-refractivity contribution in [3.63, 3.8) is 0 Å². The summed E-state index contributed by atoms with van der Waals surface area (Å²) >= 11 is 0. The van der Waals surface area contributed by atoms with Crippen LogP contribution in [0.2, 0.25) is 0 Å². The van der Waals surface area contributed by atoms with Gasteiger partial charge in [0.1, 0.15) is 5.75 Å². The second-order valence-corrected chi connectivity index (χ2v) is 3.79. The summed E-state index contributed by atoms with van der Waals surface area (Å²) in [6, 6.07) is 11.5. The van der Waals surface area contributed by atoms with Gasteiger partial charge in [-0.1, -0.05) is 12.1 Å². The molecule has 1 aromatic heterocycles. The van der Waals surface area contributed by atoms with Crippen LogP contribution in [0, 0.1) is 0 Å². The molecule has 0 fully saturated rings. The van der Waals surface area contributed by atoms with E-state index in [0.29, 0.717) is 11.6 Å². The van der Waals surface area contributed by atoms with Gasteiger partial charge >= 0.3 is 0 Å². The molecule has 0 atom stereocenters. The maximum absolute atomic E-state index is 5.68. The van der Waals surface area contributed by atoms with Crippen LogP contribution in [0.5, 0.6) is 17.4 Å². The molecule has 1 aromatic carbocycles. The highest BCUT2D eigenvalue weighted by atomic mass is 16.5. The van der Waals surface area contributed by atoms with E-state index in [4.69, 9.17) is 9.47 Å². The third-order valence-corrected chi connectivity index (χ3v) is 2.47. The number of methoxy groups -OCH3 is 1. The Morgan fingerprint density at radius 3 is 2.61 bits per heavy atom. The molecule has 0 saturated carbocycles. The van der Waals surface area contributed by atoms with E-state index in [2.05, 4.69) is 10.3 Å². The van der Waals surface area contributed by atoms with E-state index in [1.54, 1.807) is 13.3 Å². The summed E-state index contributed by atoms with van der Waals surface area (Å²) in [5, 5.41) is 3.10. The Morgan fingerprint density at radius 1 is 1.17 bits per heavy atom. The van der Waals surface area contributed by atoms with Gasteiger partial charge in [0.2, 0.25) is 0 Å². The Labute approximate surface area is 107 Å². The second-order valence-electron chi connectivity index (χ2n) is 3.79. The number of nitrogens with one attached hydrogen (secondary N) is 1. The van der Waals surface area contributed by atoms with Crippen LogP contribution < -0.4 is 14.8 Å². The van der Waals surface area contributed by atoms with Crippen LogP contribution in [0.25, 0.3) is 0 Å². The van der Waals surface area contributed by atoms with E-state index >= 15 is 0 Å². The smallest absolute Gasteiger partial charge is 0.262 e. The fourth-order valence-corrected chi connectivity index (χ4v) is 1.60. The van der Waals surface area contributed by atoms with Gasteiger partial charge in [-0.2, -0.15) is 0 Å². The highest BCUT2D eigenvalue weighted by Gasteiger charge is 2.05. The van der Waals surface area contributed by atoms with Crippen molar-refractivity contribution in [1.82, 2.24) is 10.3 Å². The van der Waals surface area contributed by atoms with Gasteiger partial charge in [0.05, 0.1) is 7.11 Å². The first-order valence-corrected chi connectivity index (χ1v) is 5.74. The van der Waals surface area contributed by atoms with Gasteiger partial charge in [-0.25, -0.2) is 4.98 Å². The summed E-state index contributed by atoms with van der Waals surface area (Å²) in [5.41, 5.74) is 1.21. The molecule has 2 aromatic rings. The number of nitrogens with zero attached hydrogens (tertiary/aromatic N) is 1. The molecule has 2 rings (SSSR count). The minimum atomic E-state index is 0.473. The Morgan fingerprint density at radius 2 is 1.94 bits per heavy atom. The molecule has 4 heteroatoms. The number of hydrogen-bond acceptors (Lipinski definition) is 4. The number of aromatic nitrogens is 1. The maximum atomic E-state index is 5.68. The first-order chi connectivity index (χ1) is 8.83. The fourth-order valence-electron chi connectivity index (χ4n) is 1.60. The first kappa shape index (κ1) is 12.4. The van der Waals surface area contributed by atoms with Crippen molar-refractivity contribution in [2.45, 2.75) is 6.54 Å². The van der Waals surface area contributed by atoms with Crippen LogP contribution in [-0.2, 0) is 6.54 Å². The van der Waals surface area contributed by atoms with Gasteiger partial charge in [0.25, 0.3) is 5.88 Å². The average molecular weight is 244 g/mol. The van der Waals surface area contributed by atoms with E-state index in [9.17, 15) is 0 Å². The van der Waals surface area contributed by atoms with Crippen molar-refractivity contribution in [2.75, 3.05) is 14.2 Å². The van der Waals surface area contributed by atoms with Gasteiger partial charge < -0.3 is 14.8 Å². The zero-order valence-corrected chi connectivity index (χ0v) is 10.5. The number of rotatable bonds is 5. The molecule has 94 valence electrons. The molecule has 1 N–H and O–H groups in total. The third-order valence-electron chi connectivity index (χ3n) is 2.47. The molecule has 4 nitrogen and oxygen atoms in total. The van der Waals surface area contributed by atoms with E-state index in [0.717, 1.165) is 12.3 Å². The Balaban J connectivity index is 2.13. The Hall–Kier alpha value is -2.07. The molecule has 0 aliphatic rings. The third kappa shape index (κ3) is 2.99. The molecule has 0 aliphatic carbocycles. The molecule has 0 bridgehead atoms. The summed E-state index contributed by atoms with van der Waals surface area (Å²) in [5.74, 6) is 1.84. The molecule has 18 heavy (non-hydrogen) atoms. The van der Waals surface area contributed by atoms with Gasteiger partial charge in [-0.05, 0) is 36.9 Å². The predicted octanol–water partition coefficient (Wildman–Crippen LogP) is 2.60. The lowest BCUT2D eigenvalue weighted by Crippen LogP contribution is -2.04. The maximum Gasteiger partial charge on any atom is 0.262 e. The highest BCUT2D eigenvalue weighted by molar-refractivity contribution is 5.37. The van der Waals surface area contributed by atoms with Gasteiger partial charge in [0, 0.05) is 12.7 Å². The molecule has 0 unspecified atom stereocenters. The quantitative estimate of drug-likeness (QED) is 0.878. The Bertz CT molecular complexity index is 497. The summed E-state index contributed by atoms with van der Waals surface area (Å²) in [4.78, 5) is 4.14. The summed E-state index contributed by atoms with van der Waals surface area (Å²) in [6.45, 7) is 0.840. The van der Waals surface area contributed by atoms with Crippen LogP contribution in [0.4, 0.5) is 0 Å². The molecular weight excluding hydrogens is 228 g/mol. The molecule has 0 aliphatic heterocycles. The van der Waals surface area contributed by atoms with Crippen molar-refractivity contribution in [3.05, 3.63) is 48.2 Å². The van der Waals surface area contributed by atoms with Crippen molar-refractivity contribution >= 4 is 0 Å². The molecule has 1 heterocycles. The zero-order valence-electron chi connectivity index (χ0n) is 10.5. The lowest BCUT2D eigenvalue weighted by atomic mass is 10.2. The molecule has 0 saturated heterocycles. The summed E-state index contributed by atoms with van der Waals surface area (Å²) in [7, 11) is 3.52. The molecule has 0 radical (unpaired) electrons. The van der Waals surface area contributed by atoms with Crippen molar-refractivity contribution in [3.8, 4) is 17.4 Å². The van der Waals surface area contributed by atoms with Crippen LogP contribution >= 0.6 is 0 Å². The number of benzene rings is 1. The van der Waals surface area contributed by atoms with Crippen LogP contribution in [-0.4, -0.2) is 19.1 Å². The number of pyridine rings is 1. The first-order valence-electron chi connectivity index (χ1n) is 5.74. The monoisotopic (exact) mass is 244 g/mol. The second kappa shape index (κ2) is 6.02. The average Bonchev–Trinajstić information content (AvgIpc) is 2.42. The largest absolute Gasteiger partial charge is 0.491 e. The van der Waals surface area contributed by atoms with Gasteiger partial charge in [-0.3, -0.25) is 0 Å².